The van der Waals surface area contributed by atoms with Gasteiger partial charge in [-0.15, -0.1) is 0 Å². The zero-order valence-corrected chi connectivity index (χ0v) is 13.4. The molecule has 0 atom stereocenters. The van der Waals surface area contributed by atoms with Crippen molar-refractivity contribution in [3.8, 4) is 5.75 Å². The monoisotopic (exact) mass is 330 g/mol. The lowest BCUT2D eigenvalue weighted by molar-refractivity contribution is -0.137. The van der Waals surface area contributed by atoms with Crippen LogP contribution in [0.25, 0.3) is 0 Å². The molecule has 24 heavy (non-hydrogen) atoms. The van der Waals surface area contributed by atoms with Gasteiger partial charge in [-0.2, -0.15) is 5.10 Å². The number of para-hydroxylation sites is 1. The summed E-state index contributed by atoms with van der Waals surface area (Å²) in [7, 11) is 0. The van der Waals surface area contributed by atoms with Crippen LogP contribution in [0.1, 0.15) is 40.8 Å². The molecule has 1 heterocycles. The van der Waals surface area contributed by atoms with Crippen molar-refractivity contribution in [3.63, 3.8) is 0 Å². The molecule has 0 radical (unpaired) electrons. The number of nitrogens with zero attached hydrogens (tertiary/aromatic N) is 1. The fraction of sp³-hybridized carbons (Fsp3) is 0.235. The number of carbonyl (C=O) groups is 2. The molecule has 7 heteroatoms. The van der Waals surface area contributed by atoms with E-state index in [1.54, 1.807) is 32.0 Å². The number of aliphatic carboxylic acids is 1. The smallest absolute Gasteiger partial charge is 0.303 e. The maximum absolute atomic E-state index is 12.0. The Hall–Kier alpha value is -3.09. The summed E-state index contributed by atoms with van der Waals surface area (Å²) in [6.45, 7) is 3.44. The predicted octanol–water partition coefficient (Wildman–Crippen LogP) is 2.46. The average Bonchev–Trinajstić information content (AvgIpc) is 2.92. The largest absolute Gasteiger partial charge is 0.507 e. The third kappa shape index (κ3) is 4.22. The van der Waals surface area contributed by atoms with Gasteiger partial charge < -0.3 is 14.6 Å². The number of hydrogen-bond acceptors (Lipinski definition) is 5. The van der Waals surface area contributed by atoms with E-state index in [9.17, 15) is 14.7 Å². The quantitative estimate of drug-likeness (QED) is 0.556. The van der Waals surface area contributed by atoms with Gasteiger partial charge in [0, 0.05) is 12.0 Å². The SMILES string of the molecule is C/C(=N/NC(=O)c1ccccc1O)c1cc(CCC(=O)O)oc1C. The van der Waals surface area contributed by atoms with Crippen molar-refractivity contribution in [2.75, 3.05) is 0 Å². The van der Waals surface area contributed by atoms with E-state index in [-0.39, 0.29) is 24.2 Å². The summed E-state index contributed by atoms with van der Waals surface area (Å²) in [5, 5.41) is 22.4. The number of aryl methyl sites for hydroxylation is 2. The molecule has 126 valence electrons. The topological polar surface area (TPSA) is 112 Å². The van der Waals surface area contributed by atoms with Gasteiger partial charge in [0.1, 0.15) is 17.3 Å². The predicted molar refractivity (Wildman–Crippen MR) is 87.2 cm³/mol. The van der Waals surface area contributed by atoms with Gasteiger partial charge in [0.25, 0.3) is 5.91 Å². The lowest BCUT2D eigenvalue weighted by Crippen LogP contribution is -2.19. The van der Waals surface area contributed by atoms with Crippen molar-refractivity contribution in [2.24, 2.45) is 5.10 Å². The van der Waals surface area contributed by atoms with Crippen LogP contribution in [0.4, 0.5) is 0 Å². The number of phenols is 1. The van der Waals surface area contributed by atoms with Crippen LogP contribution in [0, 0.1) is 6.92 Å². The molecule has 2 aromatic rings. The molecule has 0 unspecified atom stereocenters. The summed E-state index contributed by atoms with van der Waals surface area (Å²) in [6.07, 6.45) is 0.264. The number of hydrogen-bond donors (Lipinski definition) is 3. The van der Waals surface area contributed by atoms with Crippen LogP contribution < -0.4 is 5.43 Å². The zero-order valence-electron chi connectivity index (χ0n) is 13.4. The molecule has 3 N–H and O–H groups in total. The number of rotatable bonds is 6. The van der Waals surface area contributed by atoms with Crippen molar-refractivity contribution >= 4 is 17.6 Å². The molecule has 0 aliphatic heterocycles. The second-order valence-corrected chi connectivity index (χ2v) is 5.23. The second kappa shape index (κ2) is 7.45. The third-order valence-electron chi connectivity index (χ3n) is 3.42. The molecule has 0 aliphatic carbocycles. The first-order chi connectivity index (χ1) is 11.4. The molecule has 0 aliphatic rings. The highest BCUT2D eigenvalue weighted by Gasteiger charge is 2.13. The highest BCUT2D eigenvalue weighted by Crippen LogP contribution is 2.18. The Bertz CT molecular complexity index is 792. The third-order valence-corrected chi connectivity index (χ3v) is 3.42. The lowest BCUT2D eigenvalue weighted by atomic mass is 10.1. The van der Waals surface area contributed by atoms with E-state index in [0.717, 1.165) is 0 Å². The van der Waals surface area contributed by atoms with Gasteiger partial charge in [0.2, 0.25) is 0 Å². The van der Waals surface area contributed by atoms with Gasteiger partial charge in [-0.3, -0.25) is 9.59 Å². The van der Waals surface area contributed by atoms with E-state index in [1.807, 2.05) is 0 Å². The van der Waals surface area contributed by atoms with Crippen LogP contribution in [0.15, 0.2) is 39.9 Å². The van der Waals surface area contributed by atoms with Crippen LogP contribution in [-0.2, 0) is 11.2 Å². The minimum absolute atomic E-state index is 0.0212. The molecule has 1 aromatic heterocycles. The Kier molecular flexibility index (Phi) is 5.36. The molecule has 1 amide bonds. The van der Waals surface area contributed by atoms with Gasteiger partial charge in [-0.1, -0.05) is 12.1 Å². The summed E-state index contributed by atoms with van der Waals surface area (Å²) < 4.78 is 5.50. The fourth-order valence-corrected chi connectivity index (χ4v) is 2.18. The molecule has 2 rings (SSSR count). The van der Waals surface area contributed by atoms with E-state index >= 15 is 0 Å². The molecule has 0 saturated carbocycles. The Balaban J connectivity index is 2.09. The number of nitrogens with one attached hydrogen (secondary N) is 1. The van der Waals surface area contributed by atoms with Crippen molar-refractivity contribution in [1.82, 2.24) is 5.43 Å². The van der Waals surface area contributed by atoms with E-state index in [4.69, 9.17) is 9.52 Å². The molecule has 0 bridgehead atoms. The Morgan fingerprint density at radius 1 is 1.25 bits per heavy atom. The standard InChI is InChI=1S/C17H18N2O5/c1-10(14-9-12(24-11(14)2)7-8-16(21)22)18-19-17(23)13-5-3-4-6-15(13)20/h3-6,9,20H,7-8H2,1-2H3,(H,19,23)(H,21,22)/b18-10-. The summed E-state index contributed by atoms with van der Waals surface area (Å²) in [6, 6.07) is 7.88. The summed E-state index contributed by atoms with van der Waals surface area (Å²) >= 11 is 0. The van der Waals surface area contributed by atoms with Gasteiger partial charge in [-0.25, -0.2) is 5.43 Å². The van der Waals surface area contributed by atoms with Crippen LogP contribution in [0.2, 0.25) is 0 Å². The van der Waals surface area contributed by atoms with E-state index in [0.29, 0.717) is 22.8 Å². The molecule has 1 aromatic carbocycles. The second-order valence-electron chi connectivity index (χ2n) is 5.23. The minimum atomic E-state index is -0.897. The molecular weight excluding hydrogens is 312 g/mol. The molecule has 7 nitrogen and oxygen atoms in total. The highest BCUT2D eigenvalue weighted by atomic mass is 16.4. The first-order valence-corrected chi connectivity index (χ1v) is 7.32. The maximum atomic E-state index is 12.0. The normalized spacial score (nSPS) is 11.3. The van der Waals surface area contributed by atoms with Gasteiger partial charge >= 0.3 is 5.97 Å². The van der Waals surface area contributed by atoms with Crippen molar-refractivity contribution < 1.29 is 24.2 Å². The average molecular weight is 330 g/mol. The van der Waals surface area contributed by atoms with Crippen molar-refractivity contribution in [1.29, 1.82) is 0 Å². The van der Waals surface area contributed by atoms with E-state index in [1.165, 1.54) is 12.1 Å². The number of aromatic hydroxyl groups is 1. The van der Waals surface area contributed by atoms with Gasteiger partial charge in [0.05, 0.1) is 17.7 Å². The number of carboxylic acid groups (broad SMARTS) is 1. The first-order valence-electron chi connectivity index (χ1n) is 7.32. The maximum Gasteiger partial charge on any atom is 0.303 e. The Morgan fingerprint density at radius 3 is 2.62 bits per heavy atom. The zero-order chi connectivity index (χ0) is 17.7. The summed E-state index contributed by atoms with van der Waals surface area (Å²) in [5.74, 6) is -0.413. The number of amides is 1. The fourth-order valence-electron chi connectivity index (χ4n) is 2.18. The van der Waals surface area contributed by atoms with Crippen molar-refractivity contribution in [3.05, 3.63) is 53.0 Å². The minimum Gasteiger partial charge on any atom is -0.507 e. The van der Waals surface area contributed by atoms with Crippen LogP contribution in [0.3, 0.4) is 0 Å². The first kappa shape index (κ1) is 17.3. The highest BCUT2D eigenvalue weighted by molar-refractivity contribution is 6.02. The van der Waals surface area contributed by atoms with Gasteiger partial charge in [0.15, 0.2) is 0 Å². The van der Waals surface area contributed by atoms with Crippen molar-refractivity contribution in [2.45, 2.75) is 26.7 Å². The Morgan fingerprint density at radius 2 is 1.96 bits per heavy atom. The summed E-state index contributed by atoms with van der Waals surface area (Å²) in [5.41, 5.74) is 3.71. The number of benzene rings is 1. The molecule has 0 spiro atoms. The molecular formula is C17H18N2O5. The number of furan rings is 1. The van der Waals surface area contributed by atoms with Crippen LogP contribution >= 0.6 is 0 Å². The van der Waals surface area contributed by atoms with Crippen LogP contribution in [0.5, 0.6) is 5.75 Å². The number of phenolic OH excluding ortho intramolecular Hbond substituents is 1. The van der Waals surface area contributed by atoms with E-state index < -0.39 is 11.9 Å². The van der Waals surface area contributed by atoms with Gasteiger partial charge in [-0.05, 0) is 32.0 Å². The van der Waals surface area contributed by atoms with Crippen LogP contribution in [-0.4, -0.2) is 27.8 Å². The molecule has 0 saturated heterocycles. The summed E-state index contributed by atoms with van der Waals surface area (Å²) in [4.78, 5) is 22.6. The number of carboxylic acids is 1. The Labute approximate surface area is 138 Å². The molecule has 0 fully saturated rings. The van der Waals surface area contributed by atoms with E-state index in [2.05, 4.69) is 10.5 Å². The number of hydrazone groups is 1. The number of carbonyl (C=O) groups excluding carboxylic acids is 1. The lowest BCUT2D eigenvalue weighted by Gasteiger charge is -2.03.